The molecule has 2 aliphatic rings. The monoisotopic (exact) mass is 413 g/mol. The van der Waals surface area contributed by atoms with Gasteiger partial charge in [-0.1, -0.05) is 6.08 Å². The number of nitriles is 1. The van der Waals surface area contributed by atoms with Crippen molar-refractivity contribution < 1.29 is 24.5 Å². The van der Waals surface area contributed by atoms with Crippen molar-refractivity contribution in [3.8, 4) is 17.6 Å². The lowest BCUT2D eigenvalue weighted by Gasteiger charge is -2.47. The van der Waals surface area contributed by atoms with Crippen molar-refractivity contribution in [2.75, 3.05) is 13.2 Å². The number of rotatable bonds is 6. The number of aliphatic hydroxyl groups is 1. The number of hydrogen-bond donors (Lipinski definition) is 2. The SMILES string of the molecule is CC(C)(C(=O)OCCCC#N)c1cc(O)c2c(c1)OC(C)(C)[C@@H]1CC=C(CO)C[C@@H]21. The maximum absolute atomic E-state index is 12.7. The highest BCUT2D eigenvalue weighted by Crippen LogP contribution is 2.54. The van der Waals surface area contributed by atoms with E-state index in [1.54, 1.807) is 19.9 Å². The third-order valence-electron chi connectivity index (χ3n) is 6.49. The van der Waals surface area contributed by atoms with Gasteiger partial charge in [0.25, 0.3) is 0 Å². The fourth-order valence-corrected chi connectivity index (χ4v) is 4.57. The first-order chi connectivity index (χ1) is 14.1. The average molecular weight is 414 g/mol. The number of fused-ring (bicyclic) bond motifs is 3. The number of hydrogen-bond acceptors (Lipinski definition) is 6. The van der Waals surface area contributed by atoms with Crippen molar-refractivity contribution in [1.82, 2.24) is 0 Å². The maximum Gasteiger partial charge on any atom is 0.315 e. The Labute approximate surface area is 178 Å². The maximum atomic E-state index is 12.7. The van der Waals surface area contributed by atoms with E-state index in [0.29, 0.717) is 30.6 Å². The molecule has 0 saturated carbocycles. The normalized spacial score (nSPS) is 22.1. The van der Waals surface area contributed by atoms with Gasteiger partial charge in [0.1, 0.15) is 17.1 Å². The van der Waals surface area contributed by atoms with Crippen LogP contribution in [0, 0.1) is 17.2 Å². The molecule has 0 spiro atoms. The number of unbranched alkanes of at least 4 members (excludes halogenated alkanes) is 1. The Balaban J connectivity index is 1.94. The Morgan fingerprint density at radius 1 is 1.40 bits per heavy atom. The third-order valence-corrected chi connectivity index (χ3v) is 6.49. The van der Waals surface area contributed by atoms with Crippen LogP contribution >= 0.6 is 0 Å². The van der Waals surface area contributed by atoms with Crippen molar-refractivity contribution in [3.05, 3.63) is 34.9 Å². The molecule has 0 bridgehead atoms. The predicted octanol–water partition coefficient (Wildman–Crippen LogP) is 4.10. The van der Waals surface area contributed by atoms with Crippen molar-refractivity contribution in [2.24, 2.45) is 5.92 Å². The van der Waals surface area contributed by atoms with Gasteiger partial charge in [-0.25, -0.2) is 0 Å². The lowest BCUT2D eigenvalue weighted by molar-refractivity contribution is -0.149. The van der Waals surface area contributed by atoms with Crippen molar-refractivity contribution in [2.45, 2.75) is 70.3 Å². The Kier molecular flexibility index (Phi) is 6.14. The first-order valence-corrected chi connectivity index (χ1v) is 10.5. The second-order valence-electron chi connectivity index (χ2n) is 9.31. The lowest BCUT2D eigenvalue weighted by Crippen LogP contribution is -2.45. The molecule has 2 atom stereocenters. The van der Waals surface area contributed by atoms with Crippen LogP contribution in [-0.4, -0.2) is 35.0 Å². The average Bonchev–Trinajstić information content (AvgIpc) is 2.69. The number of ether oxygens (including phenoxy) is 2. The molecular weight excluding hydrogens is 382 g/mol. The standard InChI is InChI=1S/C24H31NO5/c1-23(2,22(28)29-10-6-5-9-25)16-12-19(27)21-17-11-15(14-26)7-8-18(17)24(3,4)30-20(21)13-16/h7,12-13,17-18,26-27H,5-6,8,10-11,14H2,1-4H3/t17-,18-/m1/s1. The smallest absolute Gasteiger partial charge is 0.315 e. The minimum absolute atomic E-state index is 0.0172. The van der Waals surface area contributed by atoms with Gasteiger partial charge in [-0.2, -0.15) is 5.26 Å². The summed E-state index contributed by atoms with van der Waals surface area (Å²) in [6.07, 6.45) is 4.37. The van der Waals surface area contributed by atoms with E-state index < -0.39 is 17.0 Å². The summed E-state index contributed by atoms with van der Waals surface area (Å²) in [6.45, 7) is 7.81. The van der Waals surface area contributed by atoms with Crippen LogP contribution in [0.5, 0.6) is 11.5 Å². The van der Waals surface area contributed by atoms with Gasteiger partial charge in [0, 0.05) is 23.8 Å². The summed E-state index contributed by atoms with van der Waals surface area (Å²) in [7, 11) is 0. The molecule has 6 nitrogen and oxygen atoms in total. The zero-order valence-corrected chi connectivity index (χ0v) is 18.2. The number of carbonyl (C=O) groups is 1. The van der Waals surface area contributed by atoms with Crippen LogP contribution in [0.25, 0.3) is 0 Å². The quantitative estimate of drug-likeness (QED) is 0.414. The van der Waals surface area contributed by atoms with Gasteiger partial charge in [-0.05, 0) is 70.2 Å². The number of benzene rings is 1. The van der Waals surface area contributed by atoms with Gasteiger partial charge in [-0.3, -0.25) is 4.79 Å². The van der Waals surface area contributed by atoms with E-state index in [0.717, 1.165) is 17.6 Å². The molecule has 1 heterocycles. The summed E-state index contributed by atoms with van der Waals surface area (Å²) < 4.78 is 11.7. The van der Waals surface area contributed by atoms with E-state index in [4.69, 9.17) is 14.7 Å². The molecule has 162 valence electrons. The van der Waals surface area contributed by atoms with E-state index in [2.05, 4.69) is 6.08 Å². The molecule has 0 fully saturated rings. The Morgan fingerprint density at radius 3 is 2.80 bits per heavy atom. The summed E-state index contributed by atoms with van der Waals surface area (Å²) in [5, 5.41) is 29.2. The highest BCUT2D eigenvalue weighted by Gasteiger charge is 2.46. The van der Waals surface area contributed by atoms with E-state index in [1.165, 1.54) is 0 Å². The van der Waals surface area contributed by atoms with Crippen molar-refractivity contribution in [3.63, 3.8) is 0 Å². The zero-order valence-electron chi connectivity index (χ0n) is 18.2. The van der Waals surface area contributed by atoms with Crippen molar-refractivity contribution >= 4 is 5.97 Å². The van der Waals surface area contributed by atoms with Gasteiger partial charge in [0.15, 0.2) is 0 Å². The van der Waals surface area contributed by atoms with Gasteiger partial charge in [-0.15, -0.1) is 0 Å². The summed E-state index contributed by atoms with van der Waals surface area (Å²) in [5.74, 6) is 0.524. The fourth-order valence-electron chi connectivity index (χ4n) is 4.57. The molecule has 0 amide bonds. The molecule has 1 aliphatic carbocycles. The second kappa shape index (κ2) is 8.31. The number of aliphatic hydroxyl groups excluding tert-OH is 1. The number of phenolic OH excluding ortho intramolecular Hbond substituents is 1. The van der Waals surface area contributed by atoms with Gasteiger partial charge in [0.2, 0.25) is 0 Å². The molecule has 1 aliphatic heterocycles. The summed E-state index contributed by atoms with van der Waals surface area (Å²) >= 11 is 0. The van der Waals surface area contributed by atoms with Crippen LogP contribution in [-0.2, 0) is 14.9 Å². The van der Waals surface area contributed by atoms with Gasteiger partial charge in [0.05, 0.1) is 24.7 Å². The molecular formula is C24H31NO5. The number of carbonyl (C=O) groups excluding carboxylic acids is 1. The van der Waals surface area contributed by atoms with Crippen LogP contribution in [0.15, 0.2) is 23.8 Å². The first kappa shape index (κ1) is 22.2. The van der Waals surface area contributed by atoms with E-state index in [1.807, 2.05) is 26.0 Å². The van der Waals surface area contributed by atoms with Crippen molar-refractivity contribution in [1.29, 1.82) is 5.26 Å². The molecule has 30 heavy (non-hydrogen) atoms. The zero-order chi connectivity index (χ0) is 22.1. The molecule has 0 unspecified atom stereocenters. The van der Waals surface area contributed by atoms with E-state index in [9.17, 15) is 15.0 Å². The Hall–Kier alpha value is -2.52. The van der Waals surface area contributed by atoms with Crippen LogP contribution in [0.4, 0.5) is 0 Å². The molecule has 1 aromatic rings. The largest absolute Gasteiger partial charge is 0.508 e. The molecule has 0 aromatic heterocycles. The topological polar surface area (TPSA) is 99.8 Å². The molecule has 2 N–H and O–H groups in total. The predicted molar refractivity (Wildman–Crippen MR) is 112 cm³/mol. The summed E-state index contributed by atoms with van der Waals surface area (Å²) in [5.41, 5.74) is 0.922. The number of phenols is 1. The minimum Gasteiger partial charge on any atom is -0.508 e. The summed E-state index contributed by atoms with van der Waals surface area (Å²) in [6, 6.07) is 5.49. The Bertz CT molecular complexity index is 894. The third kappa shape index (κ3) is 4.04. The summed E-state index contributed by atoms with van der Waals surface area (Å²) in [4.78, 5) is 12.7. The highest BCUT2D eigenvalue weighted by molar-refractivity contribution is 5.82. The lowest BCUT2D eigenvalue weighted by atomic mass is 9.66. The first-order valence-electron chi connectivity index (χ1n) is 10.5. The number of allylic oxidation sites excluding steroid dienone is 1. The molecule has 0 saturated heterocycles. The van der Waals surface area contributed by atoms with Crippen LogP contribution in [0.3, 0.4) is 0 Å². The number of aromatic hydroxyl groups is 1. The molecule has 1 aromatic carbocycles. The highest BCUT2D eigenvalue weighted by atomic mass is 16.5. The van der Waals surface area contributed by atoms with Gasteiger partial charge >= 0.3 is 5.97 Å². The number of nitrogens with zero attached hydrogens (tertiary/aromatic N) is 1. The molecule has 6 heteroatoms. The van der Waals surface area contributed by atoms with Gasteiger partial charge < -0.3 is 19.7 Å². The number of esters is 1. The Morgan fingerprint density at radius 2 is 2.13 bits per heavy atom. The van der Waals surface area contributed by atoms with Crippen LogP contribution in [0.2, 0.25) is 0 Å². The molecule has 0 radical (unpaired) electrons. The van der Waals surface area contributed by atoms with E-state index >= 15 is 0 Å². The molecule has 3 rings (SSSR count). The minimum atomic E-state index is -0.980. The van der Waals surface area contributed by atoms with E-state index in [-0.39, 0.29) is 30.8 Å². The van der Waals surface area contributed by atoms with Crippen LogP contribution in [0.1, 0.15) is 70.4 Å². The fraction of sp³-hybridized carbons (Fsp3) is 0.583. The second-order valence-corrected chi connectivity index (χ2v) is 9.31. The van der Waals surface area contributed by atoms with Crippen LogP contribution < -0.4 is 4.74 Å².